The van der Waals surface area contributed by atoms with Crippen LogP contribution in [0, 0.1) is 0 Å². The molecule has 12 heavy (non-hydrogen) atoms. The van der Waals surface area contributed by atoms with Gasteiger partial charge in [0.2, 0.25) is 0 Å². The maximum atomic E-state index is 10.9. The maximum absolute atomic E-state index is 10.9. The summed E-state index contributed by atoms with van der Waals surface area (Å²) in [7, 11) is 0. The number of primary amides is 1. The molecule has 0 aliphatic rings. The Hall–Kier alpha value is -1.35. The van der Waals surface area contributed by atoms with Gasteiger partial charge in [-0.05, 0) is 10.8 Å². The minimum atomic E-state index is -0.346. The average Bonchev–Trinajstić information content (AvgIpc) is 2.47. The van der Waals surface area contributed by atoms with Crippen LogP contribution >= 0.6 is 11.3 Å². The Kier molecular flexibility index (Phi) is 1.59. The van der Waals surface area contributed by atoms with Crippen LogP contribution in [0.3, 0.4) is 0 Å². The topological polar surface area (TPSA) is 43.1 Å². The summed E-state index contributed by atoms with van der Waals surface area (Å²) in [6.45, 7) is 0. The zero-order valence-electron chi connectivity index (χ0n) is 6.28. The molecule has 0 bridgehead atoms. The van der Waals surface area contributed by atoms with E-state index in [1.807, 2.05) is 29.6 Å². The van der Waals surface area contributed by atoms with Crippen molar-refractivity contribution in [3.05, 3.63) is 34.5 Å². The van der Waals surface area contributed by atoms with E-state index in [2.05, 4.69) is 0 Å². The van der Waals surface area contributed by atoms with E-state index in [-0.39, 0.29) is 5.91 Å². The third-order valence-corrected chi connectivity index (χ3v) is 2.76. The Morgan fingerprint density at radius 1 is 1.33 bits per heavy atom. The highest BCUT2D eigenvalue weighted by molar-refractivity contribution is 7.13. The molecule has 3 heteroatoms. The average molecular weight is 177 g/mol. The molecule has 1 amide bonds. The summed E-state index contributed by atoms with van der Waals surface area (Å²) in [6, 6.07) is 7.73. The fourth-order valence-electron chi connectivity index (χ4n) is 1.18. The van der Waals surface area contributed by atoms with Gasteiger partial charge in [0.15, 0.2) is 0 Å². The van der Waals surface area contributed by atoms with Crippen molar-refractivity contribution in [1.82, 2.24) is 0 Å². The third kappa shape index (κ3) is 0.987. The summed E-state index contributed by atoms with van der Waals surface area (Å²) in [5.74, 6) is -0.346. The van der Waals surface area contributed by atoms with Crippen molar-refractivity contribution in [3.63, 3.8) is 0 Å². The molecule has 0 spiro atoms. The van der Waals surface area contributed by atoms with Gasteiger partial charge in [0.05, 0.1) is 4.88 Å². The number of thiophene rings is 1. The highest BCUT2D eigenvalue weighted by atomic mass is 32.1. The van der Waals surface area contributed by atoms with E-state index in [1.165, 1.54) is 11.3 Å². The van der Waals surface area contributed by atoms with Gasteiger partial charge in [-0.1, -0.05) is 24.3 Å². The molecular formula is C9H7NOS. The molecule has 0 saturated carbocycles. The first kappa shape index (κ1) is 7.31. The van der Waals surface area contributed by atoms with Crippen LogP contribution in [0.4, 0.5) is 0 Å². The van der Waals surface area contributed by atoms with Gasteiger partial charge in [0.25, 0.3) is 5.91 Å². The van der Waals surface area contributed by atoms with Crippen LogP contribution in [0.1, 0.15) is 9.67 Å². The SMILES string of the molecule is NC(=O)c1scc2ccccc12. The molecule has 1 aromatic carbocycles. The fraction of sp³-hybridized carbons (Fsp3) is 0. The summed E-state index contributed by atoms with van der Waals surface area (Å²) in [4.78, 5) is 11.6. The van der Waals surface area contributed by atoms with E-state index >= 15 is 0 Å². The smallest absolute Gasteiger partial charge is 0.259 e. The monoisotopic (exact) mass is 177 g/mol. The normalized spacial score (nSPS) is 10.3. The van der Waals surface area contributed by atoms with Crippen molar-refractivity contribution in [2.24, 2.45) is 5.73 Å². The van der Waals surface area contributed by atoms with E-state index in [9.17, 15) is 4.79 Å². The summed E-state index contributed by atoms with van der Waals surface area (Å²) >= 11 is 1.40. The molecule has 1 aromatic heterocycles. The van der Waals surface area contributed by atoms with Crippen LogP contribution in [0.2, 0.25) is 0 Å². The molecule has 0 aliphatic heterocycles. The van der Waals surface area contributed by atoms with Crippen molar-refractivity contribution in [2.45, 2.75) is 0 Å². The molecule has 2 aromatic rings. The number of benzene rings is 1. The van der Waals surface area contributed by atoms with Crippen LogP contribution in [0.25, 0.3) is 10.8 Å². The molecule has 0 fully saturated rings. The lowest BCUT2D eigenvalue weighted by Gasteiger charge is -1.90. The van der Waals surface area contributed by atoms with E-state index in [4.69, 9.17) is 5.73 Å². The van der Waals surface area contributed by atoms with Gasteiger partial charge in [0.1, 0.15) is 0 Å². The first-order chi connectivity index (χ1) is 5.79. The predicted molar refractivity (Wildman–Crippen MR) is 50.3 cm³/mol. The Labute approximate surface area is 73.6 Å². The second-order valence-electron chi connectivity index (χ2n) is 2.52. The molecule has 1 heterocycles. The van der Waals surface area contributed by atoms with Gasteiger partial charge in [-0.2, -0.15) is 0 Å². The molecule has 0 radical (unpaired) electrons. The highest BCUT2D eigenvalue weighted by Crippen LogP contribution is 2.24. The fourth-order valence-corrected chi connectivity index (χ4v) is 2.06. The van der Waals surface area contributed by atoms with Crippen LogP contribution in [0.5, 0.6) is 0 Å². The Bertz CT molecular complexity index is 433. The molecule has 2 N–H and O–H groups in total. The molecular weight excluding hydrogens is 170 g/mol. The van der Waals surface area contributed by atoms with Crippen LogP contribution in [0.15, 0.2) is 29.6 Å². The predicted octanol–water partition coefficient (Wildman–Crippen LogP) is 2.00. The van der Waals surface area contributed by atoms with Gasteiger partial charge in [-0.15, -0.1) is 11.3 Å². The number of amides is 1. The number of rotatable bonds is 1. The number of carbonyl (C=O) groups excluding carboxylic acids is 1. The molecule has 0 unspecified atom stereocenters. The van der Waals surface area contributed by atoms with Crippen LogP contribution in [-0.2, 0) is 0 Å². The number of hydrogen-bond donors (Lipinski definition) is 1. The first-order valence-electron chi connectivity index (χ1n) is 3.55. The van der Waals surface area contributed by atoms with E-state index in [0.717, 1.165) is 10.8 Å². The summed E-state index contributed by atoms with van der Waals surface area (Å²) in [5.41, 5.74) is 5.20. The maximum Gasteiger partial charge on any atom is 0.259 e. The standard InChI is InChI=1S/C9H7NOS/c10-9(11)8-7-4-2-1-3-6(7)5-12-8/h1-5H,(H2,10,11). The molecule has 2 rings (SSSR count). The van der Waals surface area contributed by atoms with Crippen LogP contribution < -0.4 is 5.73 Å². The molecule has 0 saturated heterocycles. The number of carbonyl (C=O) groups is 1. The minimum Gasteiger partial charge on any atom is -0.365 e. The largest absolute Gasteiger partial charge is 0.365 e. The summed E-state index contributed by atoms with van der Waals surface area (Å²) in [6.07, 6.45) is 0. The zero-order valence-corrected chi connectivity index (χ0v) is 7.10. The number of hydrogen-bond acceptors (Lipinski definition) is 2. The molecule has 60 valence electrons. The van der Waals surface area contributed by atoms with Crippen molar-refractivity contribution < 1.29 is 4.79 Å². The quantitative estimate of drug-likeness (QED) is 0.711. The third-order valence-electron chi connectivity index (χ3n) is 1.73. The Balaban J connectivity index is 2.79. The van der Waals surface area contributed by atoms with E-state index in [0.29, 0.717) is 4.88 Å². The molecule has 0 aliphatic carbocycles. The lowest BCUT2D eigenvalue weighted by molar-refractivity contribution is 0.101. The molecule has 0 atom stereocenters. The lowest BCUT2D eigenvalue weighted by atomic mass is 10.2. The van der Waals surface area contributed by atoms with Crippen molar-refractivity contribution >= 4 is 28.0 Å². The van der Waals surface area contributed by atoms with Gasteiger partial charge >= 0.3 is 0 Å². The Morgan fingerprint density at radius 2 is 2.08 bits per heavy atom. The van der Waals surface area contributed by atoms with Crippen molar-refractivity contribution in [3.8, 4) is 0 Å². The zero-order chi connectivity index (χ0) is 8.55. The first-order valence-corrected chi connectivity index (χ1v) is 4.43. The van der Waals surface area contributed by atoms with Gasteiger partial charge in [0, 0.05) is 5.39 Å². The lowest BCUT2D eigenvalue weighted by Crippen LogP contribution is -2.08. The molecule has 2 nitrogen and oxygen atoms in total. The van der Waals surface area contributed by atoms with E-state index in [1.54, 1.807) is 0 Å². The van der Waals surface area contributed by atoms with Crippen LogP contribution in [-0.4, -0.2) is 5.91 Å². The summed E-state index contributed by atoms with van der Waals surface area (Å²) < 4.78 is 0. The van der Waals surface area contributed by atoms with Gasteiger partial charge < -0.3 is 5.73 Å². The number of nitrogens with two attached hydrogens (primary N) is 1. The second kappa shape index (κ2) is 2.60. The highest BCUT2D eigenvalue weighted by Gasteiger charge is 2.07. The van der Waals surface area contributed by atoms with Crippen molar-refractivity contribution in [2.75, 3.05) is 0 Å². The van der Waals surface area contributed by atoms with Gasteiger partial charge in [-0.3, -0.25) is 4.79 Å². The summed E-state index contributed by atoms with van der Waals surface area (Å²) in [5, 5.41) is 3.97. The minimum absolute atomic E-state index is 0.346. The second-order valence-corrected chi connectivity index (χ2v) is 3.40. The number of fused-ring (bicyclic) bond motifs is 1. The Morgan fingerprint density at radius 3 is 2.83 bits per heavy atom. The van der Waals surface area contributed by atoms with E-state index < -0.39 is 0 Å². The van der Waals surface area contributed by atoms with Gasteiger partial charge in [-0.25, -0.2) is 0 Å². The van der Waals surface area contributed by atoms with Crippen molar-refractivity contribution in [1.29, 1.82) is 0 Å².